The van der Waals surface area contributed by atoms with Gasteiger partial charge in [-0.3, -0.25) is 0 Å². The number of hydrogen-bond acceptors (Lipinski definition) is 4. The van der Waals surface area contributed by atoms with Gasteiger partial charge in [-0.25, -0.2) is 18.0 Å². The van der Waals surface area contributed by atoms with E-state index in [1.54, 1.807) is 0 Å². The Labute approximate surface area is 217 Å². The van der Waals surface area contributed by atoms with Crippen molar-refractivity contribution in [1.82, 2.24) is 0 Å². The number of esters is 1. The summed E-state index contributed by atoms with van der Waals surface area (Å²) < 4.78 is 52.7. The van der Waals surface area contributed by atoms with Crippen LogP contribution in [0.15, 0.2) is 30.3 Å². The molecule has 0 N–H and O–H groups in total. The Bertz CT molecular complexity index is 1050. The van der Waals surface area contributed by atoms with Gasteiger partial charge in [0.05, 0.1) is 12.2 Å². The zero-order chi connectivity index (χ0) is 26.6. The number of halogens is 3. The van der Waals surface area contributed by atoms with Crippen molar-refractivity contribution < 1.29 is 27.4 Å². The first-order chi connectivity index (χ1) is 17.9. The van der Waals surface area contributed by atoms with Crippen molar-refractivity contribution in [3.63, 3.8) is 0 Å². The lowest BCUT2D eigenvalue weighted by Gasteiger charge is -2.28. The maximum atomic E-state index is 14.6. The molecule has 1 aliphatic carbocycles. The SMILES string of the molecule is CCCCCCCCC[C@H]1CC[C@H](COc2ccc(C(=O)Oc3cc(F)c(C#N)c(F)c3)c(F)c2)CC1. The highest BCUT2D eigenvalue weighted by atomic mass is 19.1. The Kier molecular flexibility index (Phi) is 11.3. The van der Waals surface area contributed by atoms with Gasteiger partial charge in [-0.2, -0.15) is 5.26 Å². The van der Waals surface area contributed by atoms with E-state index >= 15 is 0 Å². The monoisotopic (exact) mass is 515 g/mol. The zero-order valence-electron chi connectivity index (χ0n) is 21.5. The number of nitrogens with zero attached hydrogens (tertiary/aromatic N) is 1. The lowest BCUT2D eigenvalue weighted by molar-refractivity contribution is 0.0729. The van der Waals surface area contributed by atoms with Crippen LogP contribution in [-0.2, 0) is 0 Å². The molecule has 1 aliphatic rings. The predicted octanol–water partition coefficient (Wildman–Crippen LogP) is 8.52. The number of carbonyl (C=O) groups excluding carboxylic acids is 1. The van der Waals surface area contributed by atoms with Crippen molar-refractivity contribution in [2.24, 2.45) is 11.8 Å². The molecule has 0 atom stereocenters. The highest BCUT2D eigenvalue weighted by Crippen LogP contribution is 2.33. The first-order valence-corrected chi connectivity index (χ1v) is 13.4. The van der Waals surface area contributed by atoms with Crippen molar-refractivity contribution in [2.45, 2.75) is 84.0 Å². The largest absolute Gasteiger partial charge is 0.493 e. The number of hydrogen-bond donors (Lipinski definition) is 0. The standard InChI is InChI=1S/C30H36F3NO3/c1-2-3-4-5-6-7-8-9-21-10-12-22(13-11-21)20-36-23-14-15-25(27(31)16-23)30(35)37-24-17-28(32)26(19-34)29(33)18-24/h14-18,21-22H,2-13,20H2,1H3/t21-,22-. The van der Waals surface area contributed by atoms with Gasteiger partial charge in [0.15, 0.2) is 0 Å². The van der Waals surface area contributed by atoms with Gasteiger partial charge in [-0.1, -0.05) is 71.1 Å². The smallest absolute Gasteiger partial charge is 0.346 e. The number of unbranched alkanes of at least 4 members (excludes halogenated alkanes) is 6. The fraction of sp³-hybridized carbons (Fsp3) is 0.533. The second-order valence-corrected chi connectivity index (χ2v) is 10.0. The molecular formula is C30H36F3NO3. The summed E-state index contributed by atoms with van der Waals surface area (Å²) in [5.41, 5.74) is -1.17. The third-order valence-corrected chi connectivity index (χ3v) is 7.17. The van der Waals surface area contributed by atoms with Crippen molar-refractivity contribution >= 4 is 5.97 Å². The van der Waals surface area contributed by atoms with Gasteiger partial charge in [-0.15, -0.1) is 0 Å². The molecule has 0 bridgehead atoms. The molecule has 37 heavy (non-hydrogen) atoms. The van der Waals surface area contributed by atoms with E-state index in [4.69, 9.17) is 14.7 Å². The molecule has 4 nitrogen and oxygen atoms in total. The summed E-state index contributed by atoms with van der Waals surface area (Å²) in [4.78, 5) is 12.3. The Balaban J connectivity index is 1.40. The van der Waals surface area contributed by atoms with Crippen LogP contribution in [0.5, 0.6) is 11.5 Å². The van der Waals surface area contributed by atoms with E-state index in [9.17, 15) is 18.0 Å². The molecule has 200 valence electrons. The zero-order valence-corrected chi connectivity index (χ0v) is 21.5. The fourth-order valence-corrected chi connectivity index (χ4v) is 4.92. The van der Waals surface area contributed by atoms with E-state index in [0.29, 0.717) is 30.4 Å². The van der Waals surface area contributed by atoms with Gasteiger partial charge in [-0.05, 0) is 36.8 Å². The summed E-state index contributed by atoms with van der Waals surface area (Å²) >= 11 is 0. The molecule has 0 radical (unpaired) electrons. The first kappa shape index (κ1) is 28.6. The van der Waals surface area contributed by atoms with Crippen molar-refractivity contribution in [3.05, 3.63) is 58.9 Å². The van der Waals surface area contributed by atoms with Crippen LogP contribution in [0.3, 0.4) is 0 Å². The second kappa shape index (κ2) is 14.7. The number of benzene rings is 2. The van der Waals surface area contributed by atoms with E-state index in [0.717, 1.165) is 24.8 Å². The van der Waals surface area contributed by atoms with Crippen LogP contribution < -0.4 is 9.47 Å². The van der Waals surface area contributed by atoms with Crippen molar-refractivity contribution in [2.75, 3.05) is 6.61 Å². The molecule has 3 rings (SSSR count). The number of ether oxygens (including phenoxy) is 2. The Hall–Kier alpha value is -3.01. The van der Waals surface area contributed by atoms with Crippen LogP contribution >= 0.6 is 0 Å². The third kappa shape index (κ3) is 8.80. The summed E-state index contributed by atoms with van der Waals surface area (Å²) in [7, 11) is 0. The van der Waals surface area contributed by atoms with Crippen LogP contribution in [0.25, 0.3) is 0 Å². The summed E-state index contributed by atoms with van der Waals surface area (Å²) in [6.07, 6.45) is 15.3. The quantitative estimate of drug-likeness (QED) is 0.152. The summed E-state index contributed by atoms with van der Waals surface area (Å²) in [5, 5.41) is 8.72. The van der Waals surface area contributed by atoms with Crippen LogP contribution in [0.1, 0.15) is 99.9 Å². The predicted molar refractivity (Wildman–Crippen MR) is 136 cm³/mol. The summed E-state index contributed by atoms with van der Waals surface area (Å²) in [5.74, 6) is -3.20. The normalized spacial score (nSPS) is 17.3. The molecule has 0 amide bonds. The van der Waals surface area contributed by atoms with E-state index in [1.807, 2.05) is 0 Å². The molecule has 2 aromatic carbocycles. The molecule has 1 fully saturated rings. The van der Waals surface area contributed by atoms with Crippen LogP contribution in [-0.4, -0.2) is 12.6 Å². The summed E-state index contributed by atoms with van der Waals surface area (Å²) in [6, 6.07) is 6.61. The first-order valence-electron chi connectivity index (χ1n) is 13.4. The molecule has 1 saturated carbocycles. The molecule has 0 aliphatic heterocycles. The minimum atomic E-state index is -1.17. The second-order valence-electron chi connectivity index (χ2n) is 10.0. The fourth-order valence-electron chi connectivity index (χ4n) is 4.92. The van der Waals surface area contributed by atoms with Crippen LogP contribution in [0.2, 0.25) is 0 Å². The molecule has 0 spiro atoms. The van der Waals surface area contributed by atoms with Gasteiger partial charge in [0, 0.05) is 18.2 Å². The van der Waals surface area contributed by atoms with Gasteiger partial charge in [0.2, 0.25) is 0 Å². The maximum Gasteiger partial charge on any atom is 0.346 e. The van der Waals surface area contributed by atoms with Crippen LogP contribution in [0, 0.1) is 40.6 Å². The van der Waals surface area contributed by atoms with Crippen LogP contribution in [0.4, 0.5) is 13.2 Å². The molecule has 0 unspecified atom stereocenters. The van der Waals surface area contributed by atoms with Gasteiger partial charge < -0.3 is 9.47 Å². The topological polar surface area (TPSA) is 59.3 Å². The van der Waals surface area contributed by atoms with E-state index < -0.39 is 34.7 Å². The minimum Gasteiger partial charge on any atom is -0.493 e. The molecule has 0 aromatic heterocycles. The van der Waals surface area contributed by atoms with Gasteiger partial charge in [0.25, 0.3) is 0 Å². The maximum absolute atomic E-state index is 14.6. The Morgan fingerprint density at radius 1 is 0.865 bits per heavy atom. The van der Waals surface area contributed by atoms with E-state index in [-0.39, 0.29) is 5.56 Å². The van der Waals surface area contributed by atoms with Gasteiger partial charge in [0.1, 0.15) is 40.6 Å². The number of nitriles is 1. The highest BCUT2D eigenvalue weighted by molar-refractivity contribution is 5.91. The van der Waals surface area contributed by atoms with E-state index in [2.05, 4.69) is 6.92 Å². The molecule has 7 heteroatoms. The number of rotatable bonds is 13. The lowest BCUT2D eigenvalue weighted by Crippen LogP contribution is -2.20. The number of carbonyl (C=O) groups is 1. The highest BCUT2D eigenvalue weighted by Gasteiger charge is 2.22. The third-order valence-electron chi connectivity index (χ3n) is 7.17. The molecule has 0 heterocycles. The van der Waals surface area contributed by atoms with E-state index in [1.165, 1.54) is 82.4 Å². The van der Waals surface area contributed by atoms with Crippen molar-refractivity contribution in [1.29, 1.82) is 5.26 Å². The lowest BCUT2D eigenvalue weighted by atomic mass is 9.80. The average molecular weight is 516 g/mol. The minimum absolute atomic E-state index is 0.315. The Morgan fingerprint density at radius 2 is 1.46 bits per heavy atom. The Morgan fingerprint density at radius 3 is 2.08 bits per heavy atom. The molecular weight excluding hydrogens is 479 g/mol. The van der Waals surface area contributed by atoms with Gasteiger partial charge >= 0.3 is 5.97 Å². The average Bonchev–Trinajstić information content (AvgIpc) is 2.87. The van der Waals surface area contributed by atoms with Crippen molar-refractivity contribution in [3.8, 4) is 17.6 Å². The summed E-state index contributed by atoms with van der Waals surface area (Å²) in [6.45, 7) is 2.74. The molecule has 0 saturated heterocycles. The molecule has 2 aromatic rings.